The smallest absolute Gasteiger partial charge is 0.242 e. The van der Waals surface area contributed by atoms with Gasteiger partial charge in [0.2, 0.25) is 15.9 Å². The van der Waals surface area contributed by atoms with Crippen molar-refractivity contribution in [1.82, 2.24) is 19.1 Å². The van der Waals surface area contributed by atoms with E-state index >= 15 is 0 Å². The lowest BCUT2D eigenvalue weighted by Gasteiger charge is -2.13. The van der Waals surface area contributed by atoms with Crippen molar-refractivity contribution in [1.29, 1.82) is 0 Å². The number of benzene rings is 3. The molecule has 4 rings (SSSR count). The third kappa shape index (κ3) is 5.59. The summed E-state index contributed by atoms with van der Waals surface area (Å²) in [7, 11) is -0.740. The zero-order valence-electron chi connectivity index (χ0n) is 18.9. The SMILES string of the molecule is CN(C)S(=O)(=O)c1cccc(NC(=O)CSc2nnc(-c3ccccc3)n2-c2ccc(F)cc2)c1. The Morgan fingerprint density at radius 1 is 1.00 bits per heavy atom. The van der Waals surface area contributed by atoms with Crippen LogP contribution in [0.15, 0.2) is 88.9 Å². The molecule has 0 aliphatic carbocycles. The number of nitrogens with zero attached hydrogens (tertiary/aromatic N) is 4. The van der Waals surface area contributed by atoms with E-state index in [0.717, 1.165) is 21.6 Å². The van der Waals surface area contributed by atoms with Crippen molar-refractivity contribution in [2.75, 3.05) is 25.2 Å². The number of rotatable bonds is 8. The minimum absolute atomic E-state index is 0.00121. The predicted octanol–water partition coefficient (Wildman–Crippen LogP) is 4.05. The summed E-state index contributed by atoms with van der Waals surface area (Å²) in [4.78, 5) is 12.7. The van der Waals surface area contributed by atoms with Gasteiger partial charge in [-0.05, 0) is 42.5 Å². The van der Waals surface area contributed by atoms with E-state index in [1.807, 2.05) is 30.3 Å². The maximum absolute atomic E-state index is 13.5. The van der Waals surface area contributed by atoms with Gasteiger partial charge in [0.05, 0.1) is 10.6 Å². The highest BCUT2D eigenvalue weighted by atomic mass is 32.2. The van der Waals surface area contributed by atoms with E-state index < -0.39 is 10.0 Å². The van der Waals surface area contributed by atoms with Crippen molar-refractivity contribution in [2.45, 2.75) is 10.1 Å². The summed E-state index contributed by atoms with van der Waals surface area (Å²) < 4.78 is 41.1. The maximum atomic E-state index is 13.5. The molecule has 11 heteroatoms. The molecule has 1 N–H and O–H groups in total. The molecule has 1 heterocycles. The molecule has 0 radical (unpaired) electrons. The molecular weight excluding hydrogens is 489 g/mol. The van der Waals surface area contributed by atoms with E-state index in [9.17, 15) is 17.6 Å². The van der Waals surface area contributed by atoms with Crippen molar-refractivity contribution < 1.29 is 17.6 Å². The number of carbonyl (C=O) groups is 1. The lowest BCUT2D eigenvalue weighted by atomic mass is 10.2. The van der Waals surface area contributed by atoms with Gasteiger partial charge in [-0.15, -0.1) is 10.2 Å². The van der Waals surface area contributed by atoms with Crippen molar-refractivity contribution in [3.05, 3.63) is 84.7 Å². The van der Waals surface area contributed by atoms with E-state index in [1.165, 1.54) is 38.4 Å². The number of amides is 1. The first kappa shape index (κ1) is 24.6. The average Bonchev–Trinajstić information content (AvgIpc) is 3.28. The van der Waals surface area contributed by atoms with Crippen molar-refractivity contribution in [3.8, 4) is 17.1 Å². The molecule has 0 bridgehead atoms. The lowest BCUT2D eigenvalue weighted by Crippen LogP contribution is -2.22. The zero-order chi connectivity index (χ0) is 25.0. The second-order valence-electron chi connectivity index (χ2n) is 7.64. The number of nitrogens with one attached hydrogen (secondary N) is 1. The molecule has 0 saturated carbocycles. The standard InChI is InChI=1S/C24H22FN5O3S2/c1-29(2)35(32,33)21-10-6-9-19(15-21)26-22(31)16-34-24-28-27-23(17-7-4-3-5-8-17)30(24)20-13-11-18(25)12-14-20/h3-15H,16H2,1-2H3,(H,26,31). The van der Waals surface area contributed by atoms with Crippen LogP contribution < -0.4 is 5.32 Å². The number of hydrogen-bond acceptors (Lipinski definition) is 6. The summed E-state index contributed by atoms with van der Waals surface area (Å²) >= 11 is 1.16. The van der Waals surface area contributed by atoms with Crippen molar-refractivity contribution >= 4 is 33.4 Å². The first-order valence-electron chi connectivity index (χ1n) is 10.5. The topological polar surface area (TPSA) is 97.2 Å². The number of thioether (sulfide) groups is 1. The summed E-state index contributed by atoms with van der Waals surface area (Å²) in [6.07, 6.45) is 0. The van der Waals surface area contributed by atoms with Gasteiger partial charge in [-0.1, -0.05) is 48.2 Å². The number of halogens is 1. The van der Waals surface area contributed by atoms with Gasteiger partial charge in [0.25, 0.3) is 0 Å². The molecule has 4 aromatic rings. The molecule has 0 aliphatic heterocycles. The largest absolute Gasteiger partial charge is 0.325 e. The minimum atomic E-state index is -3.62. The van der Waals surface area contributed by atoms with Crippen molar-refractivity contribution in [3.63, 3.8) is 0 Å². The summed E-state index contributed by atoms with van der Waals surface area (Å²) in [5.41, 5.74) is 1.84. The molecular formula is C24H22FN5O3S2. The van der Waals surface area contributed by atoms with Crippen LogP contribution in [0.1, 0.15) is 0 Å². The van der Waals surface area contributed by atoms with Crippen LogP contribution in [-0.4, -0.2) is 53.2 Å². The van der Waals surface area contributed by atoms with Crippen LogP contribution in [0.3, 0.4) is 0 Å². The Hall–Kier alpha value is -3.54. The first-order valence-corrected chi connectivity index (χ1v) is 12.9. The quantitative estimate of drug-likeness (QED) is 0.359. The summed E-state index contributed by atoms with van der Waals surface area (Å²) in [6.45, 7) is 0. The van der Waals surface area contributed by atoms with Crippen LogP contribution in [0, 0.1) is 5.82 Å². The van der Waals surface area contributed by atoms with Crippen LogP contribution in [0.25, 0.3) is 17.1 Å². The number of anilines is 1. The number of aromatic nitrogens is 3. The van der Waals surface area contributed by atoms with Gasteiger partial charge < -0.3 is 5.32 Å². The number of hydrogen-bond donors (Lipinski definition) is 1. The Labute approximate surface area is 206 Å². The molecule has 0 aliphatic rings. The molecule has 0 fully saturated rings. The van der Waals surface area contributed by atoms with Crippen LogP contribution in [0.2, 0.25) is 0 Å². The van der Waals surface area contributed by atoms with Gasteiger partial charge in [0, 0.05) is 31.0 Å². The Morgan fingerprint density at radius 3 is 2.40 bits per heavy atom. The molecule has 0 saturated heterocycles. The average molecular weight is 512 g/mol. The fourth-order valence-electron chi connectivity index (χ4n) is 3.23. The highest BCUT2D eigenvalue weighted by molar-refractivity contribution is 7.99. The predicted molar refractivity (Wildman–Crippen MR) is 133 cm³/mol. The second kappa shape index (κ2) is 10.4. The monoisotopic (exact) mass is 511 g/mol. The van der Waals surface area contributed by atoms with Gasteiger partial charge in [-0.3, -0.25) is 9.36 Å². The van der Waals surface area contributed by atoms with E-state index in [4.69, 9.17) is 0 Å². The highest BCUT2D eigenvalue weighted by Crippen LogP contribution is 2.28. The first-order chi connectivity index (χ1) is 16.8. The normalized spacial score (nSPS) is 11.5. The van der Waals surface area contributed by atoms with Crippen LogP contribution in [0.4, 0.5) is 10.1 Å². The van der Waals surface area contributed by atoms with Crippen LogP contribution in [-0.2, 0) is 14.8 Å². The summed E-state index contributed by atoms with van der Waals surface area (Å²) in [5, 5.41) is 11.7. The molecule has 35 heavy (non-hydrogen) atoms. The molecule has 1 aromatic heterocycles. The molecule has 0 atom stereocenters. The molecule has 180 valence electrons. The van der Waals surface area contributed by atoms with Crippen LogP contribution >= 0.6 is 11.8 Å². The molecule has 1 amide bonds. The minimum Gasteiger partial charge on any atom is -0.325 e. The van der Waals surface area contributed by atoms with Gasteiger partial charge in [-0.2, -0.15) is 0 Å². The lowest BCUT2D eigenvalue weighted by molar-refractivity contribution is -0.113. The van der Waals surface area contributed by atoms with Gasteiger partial charge in [-0.25, -0.2) is 17.1 Å². The Morgan fingerprint density at radius 2 is 1.71 bits per heavy atom. The molecule has 8 nitrogen and oxygen atoms in total. The van der Waals surface area contributed by atoms with E-state index in [1.54, 1.807) is 28.8 Å². The molecule has 0 unspecified atom stereocenters. The summed E-state index contributed by atoms with van der Waals surface area (Å²) in [6, 6.07) is 21.4. The highest BCUT2D eigenvalue weighted by Gasteiger charge is 2.19. The maximum Gasteiger partial charge on any atom is 0.242 e. The van der Waals surface area contributed by atoms with Gasteiger partial charge in [0.15, 0.2) is 11.0 Å². The number of sulfonamides is 1. The summed E-state index contributed by atoms with van der Waals surface area (Å²) in [5.74, 6) is -0.153. The molecule has 0 spiro atoms. The Balaban J connectivity index is 1.55. The Kier molecular flexibility index (Phi) is 7.29. The van der Waals surface area contributed by atoms with Crippen LogP contribution in [0.5, 0.6) is 0 Å². The number of carbonyl (C=O) groups excluding carboxylic acids is 1. The van der Waals surface area contributed by atoms with E-state index in [-0.39, 0.29) is 22.4 Å². The second-order valence-corrected chi connectivity index (χ2v) is 10.7. The Bertz CT molecular complexity index is 1440. The van der Waals surface area contributed by atoms with Gasteiger partial charge in [0.1, 0.15) is 5.82 Å². The fourth-order valence-corrected chi connectivity index (χ4v) is 4.93. The van der Waals surface area contributed by atoms with E-state index in [0.29, 0.717) is 22.4 Å². The van der Waals surface area contributed by atoms with E-state index in [2.05, 4.69) is 15.5 Å². The zero-order valence-corrected chi connectivity index (χ0v) is 20.6. The third-order valence-corrected chi connectivity index (χ3v) is 7.72. The van der Waals surface area contributed by atoms with Crippen molar-refractivity contribution in [2.24, 2.45) is 0 Å². The fraction of sp³-hybridized carbons (Fsp3) is 0.125. The third-order valence-electron chi connectivity index (χ3n) is 4.98. The molecule has 3 aromatic carbocycles. The van der Waals surface area contributed by atoms with Gasteiger partial charge >= 0.3 is 0 Å².